The molecule has 0 saturated heterocycles. The molecule has 0 aromatic heterocycles. The van der Waals surface area contributed by atoms with Crippen LogP contribution in [0.25, 0.3) is 10.8 Å². The van der Waals surface area contributed by atoms with Crippen molar-refractivity contribution < 1.29 is 14.3 Å². The Morgan fingerprint density at radius 3 is 2.48 bits per heavy atom. The average molecular weight is 333 g/mol. The van der Waals surface area contributed by atoms with Crippen LogP contribution in [0.1, 0.15) is 24.2 Å². The van der Waals surface area contributed by atoms with E-state index in [9.17, 15) is 9.59 Å². The summed E-state index contributed by atoms with van der Waals surface area (Å²) in [6, 6.07) is 20.5. The van der Waals surface area contributed by atoms with E-state index in [1.54, 1.807) is 31.2 Å². The number of amides is 1. The Hall–Kier alpha value is -3.14. The largest absolute Gasteiger partial charge is 0.480 e. The molecule has 0 bridgehead atoms. The van der Waals surface area contributed by atoms with Crippen LogP contribution in [0.3, 0.4) is 0 Å². The van der Waals surface area contributed by atoms with E-state index in [4.69, 9.17) is 4.74 Å². The van der Waals surface area contributed by atoms with Crippen LogP contribution < -0.4 is 10.1 Å². The maximum absolute atomic E-state index is 12.4. The zero-order valence-corrected chi connectivity index (χ0v) is 14.2. The number of anilines is 1. The van der Waals surface area contributed by atoms with E-state index in [-0.39, 0.29) is 11.7 Å². The minimum Gasteiger partial charge on any atom is -0.480 e. The summed E-state index contributed by atoms with van der Waals surface area (Å²) in [6.07, 6.45) is -0.674. The number of rotatable bonds is 5. The molecule has 0 fully saturated rings. The Labute approximate surface area is 146 Å². The van der Waals surface area contributed by atoms with Gasteiger partial charge < -0.3 is 10.1 Å². The van der Waals surface area contributed by atoms with E-state index in [0.717, 1.165) is 10.8 Å². The van der Waals surface area contributed by atoms with E-state index in [2.05, 4.69) is 5.32 Å². The van der Waals surface area contributed by atoms with Gasteiger partial charge in [-0.15, -0.1) is 0 Å². The van der Waals surface area contributed by atoms with Gasteiger partial charge in [0.2, 0.25) is 0 Å². The molecule has 1 amide bonds. The van der Waals surface area contributed by atoms with Gasteiger partial charge in [-0.1, -0.05) is 48.5 Å². The zero-order valence-electron chi connectivity index (χ0n) is 14.2. The number of ether oxygens (including phenoxy) is 1. The molecule has 4 heteroatoms. The summed E-state index contributed by atoms with van der Waals surface area (Å²) >= 11 is 0. The fraction of sp³-hybridized carbons (Fsp3) is 0.143. The molecule has 0 aliphatic carbocycles. The van der Waals surface area contributed by atoms with Crippen LogP contribution in [0.5, 0.6) is 5.75 Å². The topological polar surface area (TPSA) is 55.4 Å². The summed E-state index contributed by atoms with van der Waals surface area (Å²) in [4.78, 5) is 23.9. The molecule has 3 aromatic carbocycles. The molecular formula is C21H19NO3. The summed E-state index contributed by atoms with van der Waals surface area (Å²) in [5.41, 5.74) is 1.13. The van der Waals surface area contributed by atoms with Crippen molar-refractivity contribution in [2.45, 2.75) is 20.0 Å². The summed E-state index contributed by atoms with van der Waals surface area (Å²) < 4.78 is 5.86. The first-order valence-corrected chi connectivity index (χ1v) is 8.11. The highest BCUT2D eigenvalue weighted by Gasteiger charge is 2.16. The Kier molecular flexibility index (Phi) is 4.80. The van der Waals surface area contributed by atoms with E-state index in [1.807, 2.05) is 42.5 Å². The standard InChI is InChI=1S/C21H19NO3/c1-14(23)17-9-5-10-18(13-17)22-21(24)15(2)25-20-12-6-8-16-7-3-4-11-19(16)20/h3-13,15H,1-2H3,(H,22,24)/t15-/m1/s1. The molecule has 0 spiro atoms. The molecule has 0 unspecified atom stereocenters. The number of benzene rings is 3. The molecule has 4 nitrogen and oxygen atoms in total. The quantitative estimate of drug-likeness (QED) is 0.702. The monoisotopic (exact) mass is 333 g/mol. The number of Topliss-reactive ketones (excluding diaryl/α,β-unsaturated/α-hetero) is 1. The van der Waals surface area contributed by atoms with E-state index in [1.165, 1.54) is 6.92 Å². The lowest BCUT2D eigenvalue weighted by molar-refractivity contribution is -0.122. The highest BCUT2D eigenvalue weighted by molar-refractivity contribution is 5.98. The Morgan fingerprint density at radius 2 is 1.68 bits per heavy atom. The summed E-state index contributed by atoms with van der Waals surface area (Å²) in [6.45, 7) is 3.19. The molecule has 1 atom stereocenters. The van der Waals surface area contributed by atoms with Gasteiger partial charge in [0, 0.05) is 16.6 Å². The molecule has 0 aliphatic heterocycles. The number of hydrogen-bond acceptors (Lipinski definition) is 3. The Balaban J connectivity index is 1.74. The highest BCUT2D eigenvalue weighted by Crippen LogP contribution is 2.26. The van der Waals surface area contributed by atoms with Gasteiger partial charge in [0.15, 0.2) is 11.9 Å². The third-order valence-electron chi connectivity index (χ3n) is 3.96. The van der Waals surface area contributed by atoms with Crippen molar-refractivity contribution in [3.05, 3.63) is 72.3 Å². The average Bonchev–Trinajstić information content (AvgIpc) is 2.62. The Morgan fingerprint density at radius 1 is 0.960 bits per heavy atom. The fourth-order valence-electron chi connectivity index (χ4n) is 2.60. The minimum atomic E-state index is -0.674. The first-order chi connectivity index (χ1) is 12.0. The molecule has 126 valence electrons. The lowest BCUT2D eigenvalue weighted by Crippen LogP contribution is -2.30. The molecular weight excluding hydrogens is 314 g/mol. The van der Waals surface area contributed by atoms with Crippen molar-refractivity contribution in [1.29, 1.82) is 0 Å². The number of hydrogen-bond donors (Lipinski definition) is 1. The summed E-state index contributed by atoms with van der Waals surface area (Å²) in [5, 5.41) is 4.81. The number of ketones is 1. The molecule has 0 radical (unpaired) electrons. The van der Waals surface area contributed by atoms with Gasteiger partial charge in [0.25, 0.3) is 5.91 Å². The first-order valence-electron chi connectivity index (χ1n) is 8.11. The van der Waals surface area contributed by atoms with Crippen molar-refractivity contribution >= 4 is 28.2 Å². The summed E-state index contributed by atoms with van der Waals surface area (Å²) in [5.74, 6) is 0.350. The predicted molar refractivity (Wildman–Crippen MR) is 99.1 cm³/mol. The molecule has 3 rings (SSSR count). The van der Waals surface area contributed by atoms with Gasteiger partial charge in [-0.3, -0.25) is 9.59 Å². The van der Waals surface area contributed by atoms with Gasteiger partial charge in [-0.2, -0.15) is 0 Å². The second-order valence-corrected chi connectivity index (χ2v) is 5.86. The second-order valence-electron chi connectivity index (χ2n) is 5.86. The maximum atomic E-state index is 12.4. The fourth-order valence-corrected chi connectivity index (χ4v) is 2.60. The van der Waals surface area contributed by atoms with Gasteiger partial charge in [-0.05, 0) is 37.4 Å². The van der Waals surface area contributed by atoms with Crippen molar-refractivity contribution in [2.75, 3.05) is 5.32 Å². The van der Waals surface area contributed by atoms with Crippen LogP contribution in [0.2, 0.25) is 0 Å². The van der Waals surface area contributed by atoms with Crippen molar-refractivity contribution in [2.24, 2.45) is 0 Å². The van der Waals surface area contributed by atoms with E-state index in [0.29, 0.717) is 17.0 Å². The van der Waals surface area contributed by atoms with Crippen LogP contribution in [0.4, 0.5) is 5.69 Å². The molecule has 25 heavy (non-hydrogen) atoms. The summed E-state index contributed by atoms with van der Waals surface area (Å²) in [7, 11) is 0. The second kappa shape index (κ2) is 7.18. The van der Waals surface area contributed by atoms with Crippen LogP contribution in [0.15, 0.2) is 66.7 Å². The highest BCUT2D eigenvalue weighted by atomic mass is 16.5. The smallest absolute Gasteiger partial charge is 0.265 e. The maximum Gasteiger partial charge on any atom is 0.265 e. The normalized spacial score (nSPS) is 11.8. The van der Waals surface area contributed by atoms with Gasteiger partial charge in [-0.25, -0.2) is 0 Å². The van der Waals surface area contributed by atoms with Crippen molar-refractivity contribution in [1.82, 2.24) is 0 Å². The van der Waals surface area contributed by atoms with Gasteiger partial charge in [0.1, 0.15) is 5.75 Å². The van der Waals surface area contributed by atoms with Crippen molar-refractivity contribution in [3.63, 3.8) is 0 Å². The van der Waals surface area contributed by atoms with E-state index >= 15 is 0 Å². The molecule has 0 aliphatic rings. The number of nitrogens with one attached hydrogen (secondary N) is 1. The lowest BCUT2D eigenvalue weighted by atomic mass is 10.1. The van der Waals surface area contributed by atoms with Crippen LogP contribution >= 0.6 is 0 Å². The van der Waals surface area contributed by atoms with Gasteiger partial charge in [0.05, 0.1) is 0 Å². The minimum absolute atomic E-state index is 0.0452. The predicted octanol–water partition coefficient (Wildman–Crippen LogP) is 4.45. The van der Waals surface area contributed by atoms with Crippen LogP contribution in [0, 0.1) is 0 Å². The SMILES string of the molecule is CC(=O)c1cccc(NC(=O)[C@@H](C)Oc2cccc3ccccc23)c1. The van der Waals surface area contributed by atoms with Gasteiger partial charge >= 0.3 is 0 Å². The Bertz CT molecular complexity index is 928. The van der Waals surface area contributed by atoms with Crippen LogP contribution in [-0.2, 0) is 4.79 Å². The molecule has 3 aromatic rings. The zero-order chi connectivity index (χ0) is 17.8. The number of carbonyl (C=O) groups excluding carboxylic acids is 2. The third-order valence-corrected chi connectivity index (χ3v) is 3.96. The lowest BCUT2D eigenvalue weighted by Gasteiger charge is -2.16. The molecule has 0 heterocycles. The molecule has 1 N–H and O–H groups in total. The first kappa shape index (κ1) is 16.7. The number of fused-ring (bicyclic) bond motifs is 1. The van der Waals surface area contributed by atoms with E-state index < -0.39 is 6.10 Å². The van der Waals surface area contributed by atoms with Crippen LogP contribution in [-0.4, -0.2) is 17.8 Å². The number of carbonyl (C=O) groups is 2. The van der Waals surface area contributed by atoms with Crippen molar-refractivity contribution in [3.8, 4) is 5.75 Å². The molecule has 0 saturated carbocycles. The third kappa shape index (κ3) is 3.86.